The molecule has 0 aromatic heterocycles. The Morgan fingerprint density at radius 1 is 1.14 bits per heavy atom. The molecule has 1 aliphatic carbocycles. The first kappa shape index (κ1) is 20.9. The SMILES string of the molecule is CC(C)CCN1C(=O)c2ccccc2C[C@@]1(C)C(=O)NC1CCCCCCC1. The number of hydrogen-bond acceptors (Lipinski definition) is 2. The molecule has 1 atom stereocenters. The maximum Gasteiger partial charge on any atom is 0.255 e. The van der Waals surface area contributed by atoms with Crippen molar-refractivity contribution in [3.05, 3.63) is 35.4 Å². The minimum absolute atomic E-state index is 0.00202. The van der Waals surface area contributed by atoms with Gasteiger partial charge in [0.05, 0.1) is 0 Å². The lowest BCUT2D eigenvalue weighted by molar-refractivity contribution is -0.132. The van der Waals surface area contributed by atoms with Crippen LogP contribution in [0.25, 0.3) is 0 Å². The molecule has 0 unspecified atom stereocenters. The number of carbonyl (C=O) groups excluding carboxylic acids is 2. The van der Waals surface area contributed by atoms with E-state index in [1.807, 2.05) is 36.1 Å². The van der Waals surface area contributed by atoms with Crippen LogP contribution in [-0.2, 0) is 11.2 Å². The van der Waals surface area contributed by atoms with Gasteiger partial charge in [-0.15, -0.1) is 0 Å². The predicted molar refractivity (Wildman–Crippen MR) is 113 cm³/mol. The van der Waals surface area contributed by atoms with Gasteiger partial charge in [-0.3, -0.25) is 9.59 Å². The van der Waals surface area contributed by atoms with Crippen LogP contribution in [0, 0.1) is 5.92 Å². The van der Waals surface area contributed by atoms with E-state index in [0.29, 0.717) is 18.9 Å². The van der Waals surface area contributed by atoms with Crippen molar-refractivity contribution in [1.82, 2.24) is 10.2 Å². The number of nitrogens with one attached hydrogen (secondary N) is 1. The van der Waals surface area contributed by atoms with Gasteiger partial charge < -0.3 is 10.2 Å². The first-order valence-corrected chi connectivity index (χ1v) is 11.1. The summed E-state index contributed by atoms with van der Waals surface area (Å²) in [6.45, 7) is 6.90. The average molecular weight is 385 g/mol. The van der Waals surface area contributed by atoms with Crippen molar-refractivity contribution in [1.29, 1.82) is 0 Å². The Morgan fingerprint density at radius 2 is 1.79 bits per heavy atom. The monoisotopic (exact) mass is 384 g/mol. The van der Waals surface area contributed by atoms with Crippen LogP contribution in [0.3, 0.4) is 0 Å². The van der Waals surface area contributed by atoms with Gasteiger partial charge in [0.2, 0.25) is 5.91 Å². The summed E-state index contributed by atoms with van der Waals surface area (Å²) < 4.78 is 0. The van der Waals surface area contributed by atoms with E-state index in [9.17, 15) is 9.59 Å². The van der Waals surface area contributed by atoms with Crippen molar-refractivity contribution in [3.63, 3.8) is 0 Å². The number of hydrogen-bond donors (Lipinski definition) is 1. The van der Waals surface area contributed by atoms with Crippen LogP contribution in [0.15, 0.2) is 24.3 Å². The Labute approximate surface area is 170 Å². The zero-order valence-corrected chi connectivity index (χ0v) is 17.8. The van der Waals surface area contributed by atoms with Crippen LogP contribution in [-0.4, -0.2) is 34.8 Å². The van der Waals surface area contributed by atoms with Crippen molar-refractivity contribution >= 4 is 11.8 Å². The molecular formula is C24H36N2O2. The van der Waals surface area contributed by atoms with Crippen LogP contribution in [0.5, 0.6) is 0 Å². The van der Waals surface area contributed by atoms with Gasteiger partial charge in [-0.2, -0.15) is 0 Å². The van der Waals surface area contributed by atoms with E-state index in [4.69, 9.17) is 0 Å². The fourth-order valence-corrected chi connectivity index (χ4v) is 4.60. The molecule has 0 spiro atoms. The lowest BCUT2D eigenvalue weighted by atomic mass is 9.82. The quantitative estimate of drug-likeness (QED) is 0.799. The summed E-state index contributed by atoms with van der Waals surface area (Å²) in [7, 11) is 0. The van der Waals surface area contributed by atoms with Gasteiger partial charge in [0, 0.05) is 24.6 Å². The minimum atomic E-state index is -0.817. The van der Waals surface area contributed by atoms with Crippen molar-refractivity contribution in [2.75, 3.05) is 6.54 Å². The first-order valence-electron chi connectivity index (χ1n) is 11.1. The van der Waals surface area contributed by atoms with Gasteiger partial charge in [-0.05, 0) is 43.7 Å². The second-order valence-corrected chi connectivity index (χ2v) is 9.26. The lowest BCUT2D eigenvalue weighted by Crippen LogP contribution is -2.63. The van der Waals surface area contributed by atoms with E-state index < -0.39 is 5.54 Å². The molecule has 0 saturated heterocycles. The molecule has 2 amide bonds. The van der Waals surface area contributed by atoms with E-state index in [0.717, 1.165) is 30.4 Å². The second-order valence-electron chi connectivity index (χ2n) is 9.26. The predicted octanol–water partition coefficient (Wildman–Crippen LogP) is 4.72. The summed E-state index contributed by atoms with van der Waals surface area (Å²) in [5.41, 5.74) is 0.925. The number of nitrogens with zero attached hydrogens (tertiary/aromatic N) is 1. The standard InChI is InChI=1S/C24H36N2O2/c1-18(2)15-16-26-22(27)21-14-10-9-11-19(21)17-24(26,3)23(28)25-20-12-7-5-4-6-8-13-20/h9-11,14,18,20H,4-8,12-13,15-17H2,1-3H3,(H,25,28)/t24-/m0/s1. The number of benzene rings is 1. The number of amides is 2. The van der Waals surface area contributed by atoms with Crippen molar-refractivity contribution in [2.45, 2.75) is 90.1 Å². The zero-order valence-electron chi connectivity index (χ0n) is 17.8. The molecule has 1 saturated carbocycles. The number of rotatable bonds is 5. The lowest BCUT2D eigenvalue weighted by Gasteiger charge is -2.45. The average Bonchev–Trinajstić information content (AvgIpc) is 2.63. The molecular weight excluding hydrogens is 348 g/mol. The minimum Gasteiger partial charge on any atom is -0.351 e. The summed E-state index contributed by atoms with van der Waals surface area (Å²) in [5, 5.41) is 3.33. The largest absolute Gasteiger partial charge is 0.351 e. The fraction of sp³-hybridized carbons (Fsp3) is 0.667. The van der Waals surface area contributed by atoms with E-state index in [-0.39, 0.29) is 17.9 Å². The highest BCUT2D eigenvalue weighted by Gasteiger charge is 2.46. The molecule has 1 aliphatic heterocycles. The molecule has 1 aromatic rings. The highest BCUT2D eigenvalue weighted by Crippen LogP contribution is 2.32. The maximum absolute atomic E-state index is 13.5. The third-order valence-corrected chi connectivity index (χ3v) is 6.48. The molecule has 154 valence electrons. The molecule has 4 nitrogen and oxygen atoms in total. The van der Waals surface area contributed by atoms with Crippen LogP contribution < -0.4 is 5.32 Å². The summed E-state index contributed by atoms with van der Waals surface area (Å²) in [6.07, 6.45) is 9.79. The zero-order chi connectivity index (χ0) is 20.1. The van der Waals surface area contributed by atoms with Crippen LogP contribution in [0.2, 0.25) is 0 Å². The van der Waals surface area contributed by atoms with E-state index >= 15 is 0 Å². The van der Waals surface area contributed by atoms with Crippen molar-refractivity contribution < 1.29 is 9.59 Å². The van der Waals surface area contributed by atoms with Gasteiger partial charge >= 0.3 is 0 Å². The molecule has 0 radical (unpaired) electrons. The van der Waals surface area contributed by atoms with Gasteiger partial charge in [-0.1, -0.05) is 64.2 Å². The molecule has 1 heterocycles. The fourth-order valence-electron chi connectivity index (χ4n) is 4.60. The Morgan fingerprint density at radius 3 is 2.46 bits per heavy atom. The molecule has 0 bridgehead atoms. The van der Waals surface area contributed by atoms with E-state index in [1.54, 1.807) is 0 Å². The van der Waals surface area contributed by atoms with Crippen molar-refractivity contribution in [3.8, 4) is 0 Å². The van der Waals surface area contributed by atoms with Gasteiger partial charge in [0.1, 0.15) is 5.54 Å². The van der Waals surface area contributed by atoms with Crippen LogP contribution in [0.4, 0.5) is 0 Å². The van der Waals surface area contributed by atoms with E-state index in [2.05, 4.69) is 19.2 Å². The van der Waals surface area contributed by atoms with Gasteiger partial charge in [0.25, 0.3) is 5.91 Å². The summed E-state index contributed by atoms with van der Waals surface area (Å²) in [5.74, 6) is 0.505. The highest BCUT2D eigenvalue weighted by atomic mass is 16.2. The molecule has 2 aliphatic rings. The smallest absolute Gasteiger partial charge is 0.255 e. The highest BCUT2D eigenvalue weighted by molar-refractivity contribution is 6.02. The third-order valence-electron chi connectivity index (χ3n) is 6.48. The third kappa shape index (κ3) is 4.59. The topological polar surface area (TPSA) is 49.4 Å². The Balaban J connectivity index is 1.83. The molecule has 4 heteroatoms. The van der Waals surface area contributed by atoms with E-state index in [1.165, 1.54) is 32.1 Å². The molecule has 28 heavy (non-hydrogen) atoms. The second kappa shape index (κ2) is 9.11. The molecule has 1 fully saturated rings. The number of fused-ring (bicyclic) bond motifs is 1. The molecule has 1 N–H and O–H groups in total. The molecule has 1 aromatic carbocycles. The van der Waals surface area contributed by atoms with Crippen LogP contribution in [0.1, 0.15) is 88.1 Å². The van der Waals surface area contributed by atoms with Gasteiger partial charge in [-0.25, -0.2) is 0 Å². The Bertz CT molecular complexity index is 692. The molecule has 3 rings (SSSR count). The first-order chi connectivity index (χ1) is 13.4. The van der Waals surface area contributed by atoms with Crippen LogP contribution >= 0.6 is 0 Å². The summed E-state index contributed by atoms with van der Waals surface area (Å²) in [6, 6.07) is 8.00. The normalized spacial score (nSPS) is 23.9. The Kier molecular flexibility index (Phi) is 6.79. The number of carbonyl (C=O) groups is 2. The van der Waals surface area contributed by atoms with Gasteiger partial charge in [0.15, 0.2) is 0 Å². The van der Waals surface area contributed by atoms with Crippen molar-refractivity contribution in [2.24, 2.45) is 5.92 Å². The summed E-state index contributed by atoms with van der Waals surface area (Å²) >= 11 is 0. The summed E-state index contributed by atoms with van der Waals surface area (Å²) in [4.78, 5) is 28.6. The maximum atomic E-state index is 13.5. The Hall–Kier alpha value is -1.84.